The lowest BCUT2D eigenvalue weighted by molar-refractivity contribution is -0.121. The number of nitrogens with two attached hydrogens (primary N) is 3. The Morgan fingerprint density at radius 2 is 1.44 bits per heavy atom. The summed E-state index contributed by atoms with van der Waals surface area (Å²) in [5.74, 6) is -1.22. The fraction of sp³-hybridized carbons (Fsp3) is 0.560. The van der Waals surface area contributed by atoms with Gasteiger partial charge in [-0.1, -0.05) is 42.8 Å². The zero-order valence-electron chi connectivity index (χ0n) is 20.7. The first-order valence-electron chi connectivity index (χ1n) is 11.8. The first-order valence-corrected chi connectivity index (χ1v) is 11.8. The van der Waals surface area contributed by atoms with E-state index in [2.05, 4.69) is 30.8 Å². The third kappa shape index (κ3) is 12.5. The zero-order valence-corrected chi connectivity index (χ0v) is 20.7. The highest BCUT2D eigenvalue weighted by Crippen LogP contribution is 2.13. The lowest BCUT2D eigenvalue weighted by atomic mass is 10.0. The number of amides is 3. The Hall–Kier alpha value is -2.75. The van der Waals surface area contributed by atoms with Crippen LogP contribution in [0, 0.1) is 6.92 Å². The number of carbonyl (C=O) groups is 3. The Morgan fingerprint density at radius 3 is 1.97 bits per heavy atom. The number of nitrogens with zero attached hydrogens (tertiary/aromatic N) is 3. The van der Waals surface area contributed by atoms with Crippen molar-refractivity contribution in [3.63, 3.8) is 0 Å². The number of primary amides is 3. The molecule has 0 bridgehead atoms. The molecule has 9 heteroatoms. The molecule has 34 heavy (non-hydrogen) atoms. The van der Waals surface area contributed by atoms with Gasteiger partial charge in [0, 0.05) is 32.2 Å². The molecule has 0 heterocycles. The Bertz CT molecular complexity index is 783. The summed E-state index contributed by atoms with van der Waals surface area (Å²) in [7, 11) is 0. The molecule has 0 aliphatic carbocycles. The summed E-state index contributed by atoms with van der Waals surface area (Å²) in [6.07, 6.45) is 4.08. The van der Waals surface area contributed by atoms with Gasteiger partial charge in [-0.2, -0.15) is 0 Å². The minimum atomic E-state index is -0.432. The van der Waals surface area contributed by atoms with Crippen LogP contribution in [0.4, 0.5) is 0 Å². The molecule has 1 rings (SSSR count). The largest absolute Gasteiger partial charge is 0.369 e. The van der Waals surface area contributed by atoms with Crippen LogP contribution < -0.4 is 17.2 Å². The fourth-order valence-corrected chi connectivity index (χ4v) is 4.00. The second-order valence-corrected chi connectivity index (χ2v) is 8.80. The van der Waals surface area contributed by atoms with Crippen molar-refractivity contribution >= 4 is 17.7 Å². The fourth-order valence-electron chi connectivity index (χ4n) is 4.00. The van der Waals surface area contributed by atoms with E-state index in [0.717, 1.165) is 18.5 Å². The average Bonchev–Trinajstić information content (AvgIpc) is 2.75. The molecule has 0 fully saturated rings. The number of rotatable bonds is 19. The van der Waals surface area contributed by atoms with Crippen LogP contribution in [-0.2, 0) is 20.8 Å². The first kappa shape index (κ1) is 29.3. The number of hydrogen-bond acceptors (Lipinski definition) is 6. The van der Waals surface area contributed by atoms with Crippen molar-refractivity contribution in [1.82, 2.24) is 14.7 Å². The standard InChI is InChI=1S/C25H42N6O3/c1-4-6-12-31(19-25(28)34)22(15-21-9-7-20(3)8-10-21)16-30(18-24(27)33)14-13-29(11-5-2)17-23(26)32/h4,7-10,22H,1,5-6,11-19H2,2-3H3,(H2,26,32)(H2,27,33)(H2,28,34). The molecule has 3 amide bonds. The van der Waals surface area contributed by atoms with E-state index in [-0.39, 0.29) is 31.6 Å². The van der Waals surface area contributed by atoms with Gasteiger partial charge in [-0.05, 0) is 38.3 Å². The summed E-state index contributed by atoms with van der Waals surface area (Å²) >= 11 is 0. The van der Waals surface area contributed by atoms with Gasteiger partial charge in [0.25, 0.3) is 0 Å². The highest BCUT2D eigenvalue weighted by molar-refractivity contribution is 5.76. The van der Waals surface area contributed by atoms with E-state index in [0.29, 0.717) is 39.0 Å². The van der Waals surface area contributed by atoms with E-state index in [1.807, 2.05) is 34.6 Å². The third-order valence-electron chi connectivity index (χ3n) is 5.59. The highest BCUT2D eigenvalue weighted by Gasteiger charge is 2.24. The van der Waals surface area contributed by atoms with Gasteiger partial charge in [0.15, 0.2) is 0 Å². The van der Waals surface area contributed by atoms with Crippen LogP contribution in [0.3, 0.4) is 0 Å². The number of carbonyl (C=O) groups excluding carboxylic acids is 3. The smallest absolute Gasteiger partial charge is 0.231 e. The van der Waals surface area contributed by atoms with Gasteiger partial charge in [0.05, 0.1) is 19.6 Å². The van der Waals surface area contributed by atoms with Crippen LogP contribution in [-0.4, -0.2) is 90.8 Å². The molecule has 9 nitrogen and oxygen atoms in total. The second kappa shape index (κ2) is 16.0. The predicted molar refractivity (Wildman–Crippen MR) is 136 cm³/mol. The van der Waals surface area contributed by atoms with Gasteiger partial charge in [-0.3, -0.25) is 29.1 Å². The van der Waals surface area contributed by atoms with Gasteiger partial charge >= 0.3 is 0 Å². The molecule has 190 valence electrons. The lowest BCUT2D eigenvalue weighted by Gasteiger charge is -2.35. The van der Waals surface area contributed by atoms with Crippen molar-refractivity contribution in [2.24, 2.45) is 17.2 Å². The van der Waals surface area contributed by atoms with E-state index >= 15 is 0 Å². The molecule has 1 aromatic carbocycles. The van der Waals surface area contributed by atoms with E-state index < -0.39 is 11.8 Å². The minimum absolute atomic E-state index is 0.0762. The zero-order chi connectivity index (χ0) is 25.5. The molecule has 0 saturated heterocycles. The normalized spacial score (nSPS) is 12.3. The van der Waals surface area contributed by atoms with Crippen LogP contribution in [0.15, 0.2) is 36.9 Å². The van der Waals surface area contributed by atoms with Crippen LogP contribution in [0.25, 0.3) is 0 Å². The first-order chi connectivity index (χ1) is 16.1. The van der Waals surface area contributed by atoms with Gasteiger partial charge in [0.2, 0.25) is 17.7 Å². The van der Waals surface area contributed by atoms with Crippen molar-refractivity contribution in [2.45, 2.75) is 39.2 Å². The summed E-state index contributed by atoms with van der Waals surface area (Å²) < 4.78 is 0. The maximum Gasteiger partial charge on any atom is 0.231 e. The van der Waals surface area contributed by atoms with Crippen molar-refractivity contribution in [2.75, 3.05) is 52.4 Å². The summed E-state index contributed by atoms with van der Waals surface area (Å²) in [4.78, 5) is 41.1. The minimum Gasteiger partial charge on any atom is -0.369 e. The van der Waals surface area contributed by atoms with E-state index in [4.69, 9.17) is 17.2 Å². The van der Waals surface area contributed by atoms with Crippen LogP contribution >= 0.6 is 0 Å². The molecule has 0 aromatic heterocycles. The summed E-state index contributed by atoms with van der Waals surface area (Å²) in [5, 5.41) is 0. The summed E-state index contributed by atoms with van der Waals surface area (Å²) in [5.41, 5.74) is 18.8. The SMILES string of the molecule is C=CCCN(CC(N)=O)C(Cc1ccc(C)cc1)CN(CCN(CCC)CC(N)=O)CC(N)=O. The van der Waals surface area contributed by atoms with Gasteiger partial charge in [-0.25, -0.2) is 0 Å². The van der Waals surface area contributed by atoms with Crippen molar-refractivity contribution in [3.05, 3.63) is 48.0 Å². The number of hydrogen-bond donors (Lipinski definition) is 3. The molecule has 0 spiro atoms. The van der Waals surface area contributed by atoms with Gasteiger partial charge in [-0.15, -0.1) is 6.58 Å². The predicted octanol–water partition coefficient (Wildman–Crippen LogP) is 0.254. The quantitative estimate of drug-likeness (QED) is 0.246. The molecule has 1 atom stereocenters. The molecule has 0 saturated carbocycles. The highest BCUT2D eigenvalue weighted by atomic mass is 16.2. The van der Waals surface area contributed by atoms with Gasteiger partial charge < -0.3 is 17.2 Å². The maximum absolute atomic E-state index is 11.8. The van der Waals surface area contributed by atoms with Crippen LogP contribution in [0.1, 0.15) is 30.9 Å². The average molecular weight is 475 g/mol. The summed E-state index contributed by atoms with van der Waals surface area (Å²) in [6.45, 7) is 11.2. The van der Waals surface area contributed by atoms with E-state index in [1.165, 1.54) is 5.56 Å². The molecular formula is C25H42N6O3. The van der Waals surface area contributed by atoms with Crippen molar-refractivity contribution < 1.29 is 14.4 Å². The topological polar surface area (TPSA) is 139 Å². The van der Waals surface area contributed by atoms with Crippen molar-refractivity contribution in [1.29, 1.82) is 0 Å². The van der Waals surface area contributed by atoms with E-state index in [1.54, 1.807) is 0 Å². The molecule has 0 aliphatic rings. The molecule has 0 radical (unpaired) electrons. The number of benzene rings is 1. The monoisotopic (exact) mass is 474 g/mol. The Morgan fingerprint density at radius 1 is 0.882 bits per heavy atom. The molecule has 6 N–H and O–H groups in total. The second-order valence-electron chi connectivity index (χ2n) is 8.80. The van der Waals surface area contributed by atoms with Crippen LogP contribution in [0.5, 0.6) is 0 Å². The van der Waals surface area contributed by atoms with Gasteiger partial charge in [0.1, 0.15) is 0 Å². The molecular weight excluding hydrogens is 432 g/mol. The Kier molecular flexibility index (Phi) is 13.8. The molecule has 1 unspecified atom stereocenters. The lowest BCUT2D eigenvalue weighted by Crippen LogP contribution is -2.51. The molecule has 1 aromatic rings. The maximum atomic E-state index is 11.8. The number of aryl methyl sites for hydroxylation is 1. The van der Waals surface area contributed by atoms with Crippen molar-refractivity contribution in [3.8, 4) is 0 Å². The Balaban J connectivity index is 3.12. The van der Waals surface area contributed by atoms with E-state index in [9.17, 15) is 14.4 Å². The summed E-state index contributed by atoms with van der Waals surface area (Å²) in [6, 6.07) is 8.19. The molecule has 0 aliphatic heterocycles. The third-order valence-corrected chi connectivity index (χ3v) is 5.59. The Labute approximate surface area is 203 Å². The van der Waals surface area contributed by atoms with Crippen LogP contribution in [0.2, 0.25) is 0 Å².